The smallest absolute Gasteiger partial charge is 0.191 e. The molecule has 0 bridgehead atoms. The quantitative estimate of drug-likeness (QED) is 0.326. The molecule has 3 nitrogen and oxygen atoms in total. The molecule has 2 N–H and O–H groups in total. The predicted molar refractivity (Wildman–Crippen MR) is 98.3 cm³/mol. The molecule has 6 heteroatoms. The number of aliphatic imine (C=N–C) groups is 1. The van der Waals surface area contributed by atoms with Crippen molar-refractivity contribution in [2.24, 2.45) is 4.99 Å². The number of guanidine groups is 1. The third kappa shape index (κ3) is 7.89. The Labute approximate surface area is 142 Å². The lowest BCUT2D eigenvalue weighted by molar-refractivity contribution is 0.812. The van der Waals surface area contributed by atoms with Crippen molar-refractivity contribution >= 4 is 53.3 Å². The largest absolute Gasteiger partial charge is 0.356 e. The molecule has 108 valence electrons. The zero-order chi connectivity index (χ0) is 13.2. The molecule has 0 atom stereocenters. The van der Waals surface area contributed by atoms with Gasteiger partial charge in [-0.05, 0) is 24.3 Å². The molecular weight excluding hydrogens is 393 g/mol. The van der Waals surface area contributed by atoms with Crippen LogP contribution in [-0.4, -0.2) is 38.1 Å². The molecule has 1 rings (SSSR count). The van der Waals surface area contributed by atoms with Crippen LogP contribution in [0.2, 0.25) is 5.02 Å². The maximum atomic E-state index is 6.10. The summed E-state index contributed by atoms with van der Waals surface area (Å²) in [6.07, 6.45) is 2.98. The van der Waals surface area contributed by atoms with Crippen LogP contribution in [0.3, 0.4) is 0 Å². The van der Waals surface area contributed by atoms with E-state index >= 15 is 0 Å². The van der Waals surface area contributed by atoms with Gasteiger partial charge in [0.2, 0.25) is 0 Å². The summed E-state index contributed by atoms with van der Waals surface area (Å²) < 4.78 is 0. The molecule has 19 heavy (non-hydrogen) atoms. The van der Waals surface area contributed by atoms with Crippen molar-refractivity contribution in [3.63, 3.8) is 0 Å². The second-order valence-electron chi connectivity index (χ2n) is 3.76. The van der Waals surface area contributed by atoms with Crippen LogP contribution in [0.5, 0.6) is 0 Å². The van der Waals surface area contributed by atoms with E-state index in [0.717, 1.165) is 41.8 Å². The summed E-state index contributed by atoms with van der Waals surface area (Å²) >= 11 is 7.91. The van der Waals surface area contributed by atoms with E-state index in [-0.39, 0.29) is 24.0 Å². The first-order chi connectivity index (χ1) is 8.77. The minimum absolute atomic E-state index is 0. The molecule has 0 heterocycles. The van der Waals surface area contributed by atoms with Gasteiger partial charge in [-0.25, -0.2) is 0 Å². The summed E-state index contributed by atoms with van der Waals surface area (Å²) in [5.41, 5.74) is 1.16. The Morgan fingerprint density at radius 3 is 2.58 bits per heavy atom. The molecule has 0 aliphatic rings. The van der Waals surface area contributed by atoms with Gasteiger partial charge in [0.05, 0.1) is 0 Å². The Bertz CT molecular complexity index is 388. The van der Waals surface area contributed by atoms with Crippen molar-refractivity contribution in [1.82, 2.24) is 10.6 Å². The van der Waals surface area contributed by atoms with Crippen LogP contribution in [0, 0.1) is 0 Å². The van der Waals surface area contributed by atoms with Crippen molar-refractivity contribution < 1.29 is 0 Å². The van der Waals surface area contributed by atoms with E-state index in [0.29, 0.717) is 0 Å². The third-order valence-electron chi connectivity index (χ3n) is 2.47. The molecule has 0 aliphatic carbocycles. The molecule has 0 fully saturated rings. The van der Waals surface area contributed by atoms with Crippen LogP contribution < -0.4 is 10.6 Å². The van der Waals surface area contributed by atoms with Gasteiger partial charge < -0.3 is 10.6 Å². The van der Waals surface area contributed by atoms with E-state index < -0.39 is 0 Å². The number of thioether (sulfide) groups is 1. The highest BCUT2D eigenvalue weighted by atomic mass is 127. The summed E-state index contributed by atoms with van der Waals surface area (Å²) in [4.78, 5) is 4.17. The number of nitrogens with zero attached hydrogens (tertiary/aromatic N) is 1. The van der Waals surface area contributed by atoms with Gasteiger partial charge in [0.1, 0.15) is 0 Å². The number of nitrogens with one attached hydrogen (secondary N) is 2. The predicted octanol–water partition coefficient (Wildman–Crippen LogP) is 3.03. The fourth-order valence-corrected chi connectivity index (χ4v) is 2.05. The molecule has 0 unspecified atom stereocenters. The van der Waals surface area contributed by atoms with Gasteiger partial charge in [0.25, 0.3) is 0 Å². The molecule has 0 amide bonds. The van der Waals surface area contributed by atoms with E-state index in [1.807, 2.05) is 36.0 Å². The van der Waals surface area contributed by atoms with E-state index in [4.69, 9.17) is 11.6 Å². The standard InChI is InChI=1S/C13H20ClN3S.HI/c1-15-13(17-9-10-18-2)16-8-7-11-5-3-4-6-12(11)14;/h3-6H,7-10H2,1-2H3,(H2,15,16,17);1H. The first-order valence-corrected chi connectivity index (χ1v) is 7.72. The van der Waals surface area contributed by atoms with Gasteiger partial charge in [0.15, 0.2) is 5.96 Å². The topological polar surface area (TPSA) is 36.4 Å². The maximum Gasteiger partial charge on any atom is 0.191 e. The van der Waals surface area contributed by atoms with E-state index in [9.17, 15) is 0 Å². The Morgan fingerprint density at radius 1 is 1.26 bits per heavy atom. The molecule has 1 aromatic rings. The summed E-state index contributed by atoms with van der Waals surface area (Å²) in [5, 5.41) is 7.36. The van der Waals surface area contributed by atoms with Gasteiger partial charge in [-0.2, -0.15) is 11.8 Å². The molecule has 0 saturated carbocycles. The van der Waals surface area contributed by atoms with Gasteiger partial charge >= 0.3 is 0 Å². The molecule has 0 radical (unpaired) electrons. The number of hydrogen-bond acceptors (Lipinski definition) is 2. The average Bonchev–Trinajstić information content (AvgIpc) is 2.39. The lowest BCUT2D eigenvalue weighted by Crippen LogP contribution is -2.39. The van der Waals surface area contributed by atoms with Gasteiger partial charge in [0, 0.05) is 30.9 Å². The van der Waals surface area contributed by atoms with Crippen molar-refractivity contribution in [2.45, 2.75) is 6.42 Å². The first-order valence-electron chi connectivity index (χ1n) is 5.94. The summed E-state index contributed by atoms with van der Waals surface area (Å²) in [5.74, 6) is 1.92. The van der Waals surface area contributed by atoms with Crippen LogP contribution in [0.4, 0.5) is 0 Å². The summed E-state index contributed by atoms with van der Waals surface area (Å²) in [6, 6.07) is 7.92. The monoisotopic (exact) mass is 413 g/mol. The molecule has 0 aliphatic heterocycles. The van der Waals surface area contributed by atoms with Crippen LogP contribution in [-0.2, 0) is 6.42 Å². The lowest BCUT2D eigenvalue weighted by Gasteiger charge is -2.11. The number of benzene rings is 1. The summed E-state index contributed by atoms with van der Waals surface area (Å²) in [6.45, 7) is 1.75. The SMILES string of the molecule is CN=C(NCCSC)NCCc1ccccc1Cl.I. The fraction of sp³-hybridized carbons (Fsp3) is 0.462. The second kappa shape index (κ2) is 11.7. The number of halogens is 2. The second-order valence-corrected chi connectivity index (χ2v) is 5.15. The van der Waals surface area contributed by atoms with E-state index in [2.05, 4.69) is 21.9 Å². The van der Waals surface area contributed by atoms with E-state index in [1.165, 1.54) is 0 Å². The number of rotatable bonds is 6. The Balaban J connectivity index is 0.00000324. The molecule has 0 aromatic heterocycles. The van der Waals surface area contributed by atoms with Crippen molar-refractivity contribution in [1.29, 1.82) is 0 Å². The highest BCUT2D eigenvalue weighted by Gasteiger charge is 2.00. The van der Waals surface area contributed by atoms with Crippen LogP contribution in [0.15, 0.2) is 29.3 Å². The van der Waals surface area contributed by atoms with Crippen molar-refractivity contribution in [3.8, 4) is 0 Å². The summed E-state index contributed by atoms with van der Waals surface area (Å²) in [7, 11) is 1.78. The molecule has 0 saturated heterocycles. The normalized spacial score (nSPS) is 10.8. The highest BCUT2D eigenvalue weighted by Crippen LogP contribution is 2.14. The maximum absolute atomic E-state index is 6.10. The minimum Gasteiger partial charge on any atom is -0.356 e. The molecular formula is C13H21ClIN3S. The Morgan fingerprint density at radius 2 is 1.95 bits per heavy atom. The van der Waals surface area contributed by atoms with Crippen LogP contribution in [0.25, 0.3) is 0 Å². The minimum atomic E-state index is 0. The number of hydrogen-bond donors (Lipinski definition) is 2. The fourth-order valence-electron chi connectivity index (χ4n) is 1.51. The van der Waals surface area contributed by atoms with Gasteiger partial charge in [-0.3, -0.25) is 4.99 Å². The Kier molecular flexibility index (Phi) is 11.6. The van der Waals surface area contributed by atoms with Crippen molar-refractivity contribution in [2.75, 3.05) is 32.1 Å². The first kappa shape index (κ1) is 18.9. The van der Waals surface area contributed by atoms with Gasteiger partial charge in [-0.15, -0.1) is 24.0 Å². The molecule has 1 aromatic carbocycles. The Hall–Kier alpha value is -0.140. The third-order valence-corrected chi connectivity index (χ3v) is 3.45. The van der Waals surface area contributed by atoms with E-state index in [1.54, 1.807) is 7.05 Å². The highest BCUT2D eigenvalue weighted by molar-refractivity contribution is 14.0. The average molecular weight is 414 g/mol. The lowest BCUT2D eigenvalue weighted by atomic mass is 10.1. The zero-order valence-electron chi connectivity index (χ0n) is 11.3. The zero-order valence-corrected chi connectivity index (χ0v) is 15.2. The van der Waals surface area contributed by atoms with Crippen LogP contribution >= 0.6 is 47.3 Å². The molecule has 0 spiro atoms. The van der Waals surface area contributed by atoms with Crippen LogP contribution in [0.1, 0.15) is 5.56 Å². The van der Waals surface area contributed by atoms with Gasteiger partial charge in [-0.1, -0.05) is 29.8 Å². The van der Waals surface area contributed by atoms with Crippen molar-refractivity contribution in [3.05, 3.63) is 34.9 Å².